The second-order valence-electron chi connectivity index (χ2n) is 4.30. The van der Waals surface area contributed by atoms with Gasteiger partial charge in [0.2, 0.25) is 0 Å². The minimum absolute atomic E-state index is 0.0778. The van der Waals surface area contributed by atoms with Crippen LogP contribution in [0.4, 0.5) is 0 Å². The molecule has 0 aliphatic rings. The number of nitrogens with one attached hydrogen (secondary N) is 1. The first-order valence-corrected chi connectivity index (χ1v) is 5.83. The molecule has 2 heterocycles. The van der Waals surface area contributed by atoms with Crippen molar-refractivity contribution in [3.63, 3.8) is 0 Å². The van der Waals surface area contributed by atoms with E-state index in [2.05, 4.69) is 21.4 Å². The summed E-state index contributed by atoms with van der Waals surface area (Å²) in [7, 11) is 1.84. The second-order valence-corrected chi connectivity index (χ2v) is 4.30. The number of nitrogens with zero attached hydrogens (tertiary/aromatic N) is 3. The molecular formula is C13H14N4O. The highest BCUT2D eigenvalue weighted by molar-refractivity contribution is 5.83. The monoisotopic (exact) mass is 242 g/mol. The third kappa shape index (κ3) is 1.69. The van der Waals surface area contributed by atoms with Gasteiger partial charge in [-0.15, -0.1) is 5.10 Å². The summed E-state index contributed by atoms with van der Waals surface area (Å²) in [6.07, 6.45) is 2.71. The fourth-order valence-corrected chi connectivity index (χ4v) is 2.22. The molecule has 92 valence electrons. The SMILES string of the molecule is Cn1nnc(CO)c1Cc1c[nH]c2ccccc12. The second kappa shape index (κ2) is 4.27. The topological polar surface area (TPSA) is 66.7 Å². The Kier molecular flexibility index (Phi) is 2.60. The van der Waals surface area contributed by atoms with Gasteiger partial charge in [-0.05, 0) is 11.6 Å². The van der Waals surface area contributed by atoms with Crippen molar-refractivity contribution in [1.29, 1.82) is 0 Å². The number of aromatic amines is 1. The van der Waals surface area contributed by atoms with Crippen molar-refractivity contribution in [2.24, 2.45) is 7.05 Å². The number of aromatic nitrogens is 4. The van der Waals surface area contributed by atoms with E-state index in [1.165, 1.54) is 10.9 Å². The number of benzene rings is 1. The molecule has 2 N–H and O–H groups in total. The standard InChI is InChI=1S/C13H14N4O/c1-17-13(12(8-18)15-16-17)6-9-7-14-11-5-3-2-4-10(9)11/h2-5,7,14,18H,6,8H2,1H3. The maximum atomic E-state index is 9.25. The van der Waals surface area contributed by atoms with Gasteiger partial charge in [-0.25, -0.2) is 0 Å². The summed E-state index contributed by atoms with van der Waals surface area (Å²) >= 11 is 0. The van der Waals surface area contributed by atoms with E-state index in [1.807, 2.05) is 31.4 Å². The molecule has 5 nitrogen and oxygen atoms in total. The average molecular weight is 242 g/mol. The molecule has 0 fully saturated rings. The Morgan fingerprint density at radius 3 is 3.00 bits per heavy atom. The molecule has 0 radical (unpaired) electrons. The van der Waals surface area contributed by atoms with Gasteiger partial charge in [-0.2, -0.15) is 0 Å². The Morgan fingerprint density at radius 1 is 1.33 bits per heavy atom. The lowest BCUT2D eigenvalue weighted by Crippen LogP contribution is -2.01. The quantitative estimate of drug-likeness (QED) is 0.729. The number of hydrogen-bond donors (Lipinski definition) is 2. The van der Waals surface area contributed by atoms with Gasteiger partial charge in [0, 0.05) is 30.6 Å². The van der Waals surface area contributed by atoms with Crippen molar-refractivity contribution in [1.82, 2.24) is 20.0 Å². The number of aryl methyl sites for hydroxylation is 1. The van der Waals surface area contributed by atoms with Crippen LogP contribution in [0.15, 0.2) is 30.5 Å². The zero-order chi connectivity index (χ0) is 12.5. The first-order valence-electron chi connectivity index (χ1n) is 5.83. The van der Waals surface area contributed by atoms with E-state index in [0.717, 1.165) is 11.2 Å². The molecule has 0 aliphatic carbocycles. The van der Waals surface area contributed by atoms with Crippen LogP contribution < -0.4 is 0 Å². The van der Waals surface area contributed by atoms with Crippen LogP contribution in [0.1, 0.15) is 17.0 Å². The highest BCUT2D eigenvalue weighted by Gasteiger charge is 2.12. The van der Waals surface area contributed by atoms with E-state index in [4.69, 9.17) is 0 Å². The number of hydrogen-bond acceptors (Lipinski definition) is 3. The predicted octanol–water partition coefficient (Wildman–Crippen LogP) is 1.38. The van der Waals surface area contributed by atoms with E-state index < -0.39 is 0 Å². The molecule has 3 rings (SSSR count). The van der Waals surface area contributed by atoms with Crippen molar-refractivity contribution in [3.8, 4) is 0 Å². The molecule has 0 bridgehead atoms. The zero-order valence-corrected chi connectivity index (χ0v) is 10.1. The van der Waals surface area contributed by atoms with Crippen LogP contribution in [0.2, 0.25) is 0 Å². The van der Waals surface area contributed by atoms with Gasteiger partial charge in [0.05, 0.1) is 12.3 Å². The van der Waals surface area contributed by atoms with Crippen LogP contribution in [0.25, 0.3) is 10.9 Å². The molecule has 2 aromatic heterocycles. The maximum Gasteiger partial charge on any atom is 0.112 e. The molecular weight excluding hydrogens is 228 g/mol. The van der Waals surface area contributed by atoms with Crippen LogP contribution in [0.3, 0.4) is 0 Å². The summed E-state index contributed by atoms with van der Waals surface area (Å²) in [5.74, 6) is 0. The lowest BCUT2D eigenvalue weighted by molar-refractivity contribution is 0.275. The molecule has 0 unspecified atom stereocenters. The van der Waals surface area contributed by atoms with Gasteiger partial charge < -0.3 is 10.1 Å². The van der Waals surface area contributed by atoms with Gasteiger partial charge in [0.15, 0.2) is 0 Å². The molecule has 0 spiro atoms. The smallest absolute Gasteiger partial charge is 0.112 e. The molecule has 0 atom stereocenters. The minimum Gasteiger partial charge on any atom is -0.390 e. The molecule has 5 heteroatoms. The Bertz CT molecular complexity index is 683. The maximum absolute atomic E-state index is 9.25. The van der Waals surface area contributed by atoms with Crippen LogP contribution in [-0.4, -0.2) is 25.1 Å². The highest BCUT2D eigenvalue weighted by Crippen LogP contribution is 2.21. The Hall–Kier alpha value is -2.14. The molecule has 3 aromatic rings. The van der Waals surface area contributed by atoms with E-state index in [1.54, 1.807) is 4.68 Å². The summed E-state index contributed by atoms with van der Waals surface area (Å²) in [5.41, 5.74) is 3.89. The molecule has 0 saturated carbocycles. The Morgan fingerprint density at radius 2 is 2.17 bits per heavy atom. The summed E-state index contributed by atoms with van der Waals surface area (Å²) in [5, 5.41) is 18.3. The molecule has 0 saturated heterocycles. The fourth-order valence-electron chi connectivity index (χ4n) is 2.22. The summed E-state index contributed by atoms with van der Waals surface area (Å²) in [6, 6.07) is 8.17. The highest BCUT2D eigenvalue weighted by atomic mass is 16.3. The molecule has 0 aliphatic heterocycles. The zero-order valence-electron chi connectivity index (χ0n) is 10.1. The number of aliphatic hydroxyl groups is 1. The molecule has 0 amide bonds. The lowest BCUT2D eigenvalue weighted by atomic mass is 10.1. The fraction of sp³-hybridized carbons (Fsp3) is 0.231. The lowest BCUT2D eigenvalue weighted by Gasteiger charge is -2.02. The number of fused-ring (bicyclic) bond motifs is 1. The summed E-state index contributed by atoms with van der Waals surface area (Å²) < 4.78 is 1.72. The van der Waals surface area contributed by atoms with Gasteiger partial charge >= 0.3 is 0 Å². The number of aliphatic hydroxyl groups excluding tert-OH is 1. The van der Waals surface area contributed by atoms with Gasteiger partial charge in [-0.1, -0.05) is 23.4 Å². The Labute approximate surface area is 104 Å². The van der Waals surface area contributed by atoms with Gasteiger partial charge in [-0.3, -0.25) is 4.68 Å². The largest absolute Gasteiger partial charge is 0.390 e. The van der Waals surface area contributed by atoms with Crippen molar-refractivity contribution in [2.75, 3.05) is 0 Å². The van der Waals surface area contributed by atoms with E-state index in [0.29, 0.717) is 12.1 Å². The number of para-hydroxylation sites is 1. The number of rotatable bonds is 3. The Balaban J connectivity index is 2.04. The summed E-state index contributed by atoms with van der Waals surface area (Å²) in [6.45, 7) is -0.0778. The van der Waals surface area contributed by atoms with Crippen molar-refractivity contribution in [3.05, 3.63) is 47.4 Å². The third-order valence-electron chi connectivity index (χ3n) is 3.21. The van der Waals surface area contributed by atoms with Crippen molar-refractivity contribution >= 4 is 10.9 Å². The normalized spacial score (nSPS) is 11.2. The van der Waals surface area contributed by atoms with Crippen LogP contribution in [0.5, 0.6) is 0 Å². The molecule has 18 heavy (non-hydrogen) atoms. The number of H-pyrrole nitrogens is 1. The van der Waals surface area contributed by atoms with E-state index in [-0.39, 0.29) is 6.61 Å². The van der Waals surface area contributed by atoms with Crippen LogP contribution in [-0.2, 0) is 20.1 Å². The van der Waals surface area contributed by atoms with Crippen molar-refractivity contribution in [2.45, 2.75) is 13.0 Å². The van der Waals surface area contributed by atoms with Gasteiger partial charge in [0.1, 0.15) is 5.69 Å². The minimum atomic E-state index is -0.0778. The molecule has 1 aromatic carbocycles. The summed E-state index contributed by atoms with van der Waals surface area (Å²) in [4.78, 5) is 3.24. The van der Waals surface area contributed by atoms with E-state index >= 15 is 0 Å². The first kappa shape index (κ1) is 11.0. The van der Waals surface area contributed by atoms with Gasteiger partial charge in [0.25, 0.3) is 0 Å². The van der Waals surface area contributed by atoms with Crippen molar-refractivity contribution < 1.29 is 5.11 Å². The average Bonchev–Trinajstić information content (AvgIpc) is 2.96. The van der Waals surface area contributed by atoms with Crippen LogP contribution >= 0.6 is 0 Å². The van der Waals surface area contributed by atoms with E-state index in [9.17, 15) is 5.11 Å². The first-order chi connectivity index (χ1) is 8.79. The third-order valence-corrected chi connectivity index (χ3v) is 3.21. The van der Waals surface area contributed by atoms with Crippen LogP contribution in [0, 0.1) is 0 Å². The predicted molar refractivity (Wildman–Crippen MR) is 68.0 cm³/mol.